The first-order chi connectivity index (χ1) is 10.0. The van der Waals surface area contributed by atoms with Crippen LogP contribution in [0.1, 0.15) is 38.1 Å². The van der Waals surface area contributed by atoms with Gasteiger partial charge in [0.25, 0.3) is 0 Å². The Morgan fingerprint density at radius 1 is 1.29 bits per heavy atom. The number of anilines is 3. The number of nitrogens with zero attached hydrogens (tertiary/aromatic N) is 2. The Hall–Kier alpha value is -2.30. The van der Waals surface area contributed by atoms with Gasteiger partial charge in [-0.15, -0.1) is 0 Å². The summed E-state index contributed by atoms with van der Waals surface area (Å²) in [6, 6.07) is 7.78. The summed E-state index contributed by atoms with van der Waals surface area (Å²) in [6.07, 6.45) is 0. The molecule has 3 N–H and O–H groups in total. The maximum atomic E-state index is 5.97. The van der Waals surface area contributed by atoms with Crippen molar-refractivity contribution < 1.29 is 4.74 Å². The highest BCUT2D eigenvalue weighted by molar-refractivity contribution is 5.64. The summed E-state index contributed by atoms with van der Waals surface area (Å²) in [5, 5.41) is 3.30. The summed E-state index contributed by atoms with van der Waals surface area (Å²) in [6.45, 7) is 8.60. The lowest BCUT2D eigenvalue weighted by atomic mass is 10.2. The lowest BCUT2D eigenvalue weighted by Crippen LogP contribution is -2.08. The van der Waals surface area contributed by atoms with Gasteiger partial charge in [-0.25, -0.2) is 9.97 Å². The van der Waals surface area contributed by atoms with Crippen LogP contribution in [0.3, 0.4) is 0 Å². The van der Waals surface area contributed by atoms with Crippen LogP contribution in [0.2, 0.25) is 0 Å². The van der Waals surface area contributed by atoms with E-state index in [4.69, 9.17) is 10.5 Å². The van der Waals surface area contributed by atoms with Crippen LogP contribution >= 0.6 is 0 Å². The zero-order valence-electron chi connectivity index (χ0n) is 13.0. The Kier molecular flexibility index (Phi) is 4.62. The van der Waals surface area contributed by atoms with Gasteiger partial charge in [0, 0.05) is 23.2 Å². The highest BCUT2D eigenvalue weighted by Gasteiger charge is 2.11. The van der Waals surface area contributed by atoms with Crippen molar-refractivity contribution in [1.29, 1.82) is 0 Å². The van der Waals surface area contributed by atoms with E-state index < -0.39 is 0 Å². The highest BCUT2D eigenvalue weighted by atomic mass is 16.5. The van der Waals surface area contributed by atoms with Gasteiger partial charge in [-0.3, -0.25) is 0 Å². The van der Waals surface area contributed by atoms with Crippen molar-refractivity contribution in [3.8, 4) is 5.75 Å². The molecule has 0 amide bonds. The van der Waals surface area contributed by atoms with Gasteiger partial charge >= 0.3 is 0 Å². The van der Waals surface area contributed by atoms with Crippen LogP contribution in [-0.2, 0) is 0 Å². The van der Waals surface area contributed by atoms with E-state index in [-0.39, 0.29) is 5.92 Å². The van der Waals surface area contributed by atoms with Crippen molar-refractivity contribution in [3.05, 3.63) is 35.7 Å². The first-order valence-electron chi connectivity index (χ1n) is 7.15. The molecule has 5 heteroatoms. The molecule has 0 radical (unpaired) electrons. The first kappa shape index (κ1) is 15.1. The lowest BCUT2D eigenvalue weighted by Gasteiger charge is -2.14. The fourth-order valence-corrected chi connectivity index (χ4v) is 1.90. The lowest BCUT2D eigenvalue weighted by molar-refractivity contribution is 0.340. The minimum Gasteiger partial charge on any atom is -0.494 e. The first-order valence-corrected chi connectivity index (χ1v) is 7.15. The predicted molar refractivity (Wildman–Crippen MR) is 86.2 cm³/mol. The third-order valence-electron chi connectivity index (χ3n) is 3.12. The number of ether oxygens (including phenoxy) is 1. The van der Waals surface area contributed by atoms with Crippen LogP contribution in [-0.4, -0.2) is 16.6 Å². The number of benzene rings is 1. The van der Waals surface area contributed by atoms with E-state index >= 15 is 0 Å². The van der Waals surface area contributed by atoms with Gasteiger partial charge in [-0.1, -0.05) is 19.9 Å². The molecular formula is C16H22N4O. The smallest absolute Gasteiger partial charge is 0.139 e. The molecule has 0 saturated carbocycles. The van der Waals surface area contributed by atoms with Gasteiger partial charge in [0.2, 0.25) is 0 Å². The largest absolute Gasteiger partial charge is 0.494 e. The second-order valence-electron chi connectivity index (χ2n) is 5.18. The molecule has 0 spiro atoms. The molecule has 5 nitrogen and oxygen atoms in total. The van der Waals surface area contributed by atoms with Crippen molar-refractivity contribution in [2.45, 2.75) is 33.6 Å². The van der Waals surface area contributed by atoms with Gasteiger partial charge in [0.05, 0.1) is 6.61 Å². The average Bonchev–Trinajstić information content (AvgIpc) is 2.44. The van der Waals surface area contributed by atoms with E-state index in [1.807, 2.05) is 52.0 Å². The Bertz CT molecular complexity index is 626. The summed E-state index contributed by atoms with van der Waals surface area (Å²) >= 11 is 0. The van der Waals surface area contributed by atoms with Crippen LogP contribution in [0.15, 0.2) is 24.3 Å². The second-order valence-corrected chi connectivity index (χ2v) is 5.18. The van der Waals surface area contributed by atoms with E-state index in [2.05, 4.69) is 15.3 Å². The van der Waals surface area contributed by atoms with Crippen LogP contribution in [0.25, 0.3) is 0 Å². The van der Waals surface area contributed by atoms with E-state index in [9.17, 15) is 0 Å². The summed E-state index contributed by atoms with van der Waals surface area (Å²) < 4.78 is 5.50. The Morgan fingerprint density at radius 2 is 2.05 bits per heavy atom. The minimum absolute atomic E-state index is 0.225. The van der Waals surface area contributed by atoms with Crippen LogP contribution in [0.5, 0.6) is 5.75 Å². The fraction of sp³-hybridized carbons (Fsp3) is 0.375. The normalized spacial score (nSPS) is 10.7. The maximum absolute atomic E-state index is 5.97. The molecule has 2 aromatic rings. The van der Waals surface area contributed by atoms with Crippen LogP contribution in [0.4, 0.5) is 17.3 Å². The van der Waals surface area contributed by atoms with Crippen molar-refractivity contribution in [1.82, 2.24) is 9.97 Å². The summed E-state index contributed by atoms with van der Waals surface area (Å²) in [5.74, 6) is 3.04. The van der Waals surface area contributed by atoms with Crippen molar-refractivity contribution in [2.75, 3.05) is 17.7 Å². The molecule has 0 atom stereocenters. The Balaban J connectivity index is 2.32. The van der Waals surface area contributed by atoms with Crippen molar-refractivity contribution in [2.24, 2.45) is 0 Å². The van der Waals surface area contributed by atoms with Gasteiger partial charge in [0.15, 0.2) is 0 Å². The Morgan fingerprint density at radius 3 is 2.71 bits per heavy atom. The third kappa shape index (κ3) is 3.62. The highest BCUT2D eigenvalue weighted by Crippen LogP contribution is 2.26. The molecule has 0 aliphatic heterocycles. The molecular weight excluding hydrogens is 264 g/mol. The molecule has 0 unspecified atom stereocenters. The maximum Gasteiger partial charge on any atom is 0.139 e. The molecule has 112 valence electrons. The SMILES string of the molecule is CCOc1cccc(Nc2nc(C(C)C)nc(N)c2C)c1. The molecule has 0 bridgehead atoms. The van der Waals surface area contributed by atoms with Gasteiger partial charge in [0.1, 0.15) is 23.2 Å². The van der Waals surface area contributed by atoms with E-state index in [0.717, 1.165) is 28.6 Å². The van der Waals surface area contributed by atoms with Gasteiger partial charge in [-0.2, -0.15) is 0 Å². The summed E-state index contributed by atoms with van der Waals surface area (Å²) in [5.41, 5.74) is 7.74. The number of hydrogen-bond acceptors (Lipinski definition) is 5. The molecule has 1 aromatic heterocycles. The number of hydrogen-bond donors (Lipinski definition) is 2. The molecule has 0 aliphatic rings. The van der Waals surface area contributed by atoms with Crippen molar-refractivity contribution >= 4 is 17.3 Å². The Labute approximate surface area is 125 Å². The number of nitrogen functional groups attached to an aromatic ring is 1. The minimum atomic E-state index is 0.225. The number of nitrogens with one attached hydrogen (secondary N) is 1. The van der Waals surface area contributed by atoms with Crippen LogP contribution < -0.4 is 15.8 Å². The quantitative estimate of drug-likeness (QED) is 0.878. The monoisotopic (exact) mass is 286 g/mol. The average molecular weight is 286 g/mol. The molecule has 1 heterocycles. The topological polar surface area (TPSA) is 73.1 Å². The molecule has 0 saturated heterocycles. The molecule has 0 fully saturated rings. The van der Waals surface area contributed by atoms with E-state index in [1.54, 1.807) is 0 Å². The van der Waals surface area contributed by atoms with Crippen LogP contribution in [0, 0.1) is 6.92 Å². The number of nitrogens with two attached hydrogens (primary N) is 1. The van der Waals surface area contributed by atoms with Gasteiger partial charge < -0.3 is 15.8 Å². The van der Waals surface area contributed by atoms with E-state index in [0.29, 0.717) is 12.4 Å². The zero-order chi connectivity index (χ0) is 15.4. The standard InChI is InChI=1S/C16H22N4O/c1-5-21-13-8-6-7-12(9-13)18-16-11(4)14(17)19-15(20-16)10(2)3/h6-10H,5H2,1-4H3,(H3,17,18,19,20). The predicted octanol–water partition coefficient (Wildman–Crippen LogP) is 3.63. The molecule has 1 aromatic carbocycles. The summed E-state index contributed by atoms with van der Waals surface area (Å²) in [7, 11) is 0. The third-order valence-corrected chi connectivity index (χ3v) is 3.12. The molecule has 21 heavy (non-hydrogen) atoms. The van der Waals surface area contributed by atoms with E-state index in [1.165, 1.54) is 0 Å². The number of aromatic nitrogens is 2. The number of rotatable bonds is 5. The fourth-order valence-electron chi connectivity index (χ4n) is 1.90. The van der Waals surface area contributed by atoms with Gasteiger partial charge in [-0.05, 0) is 26.0 Å². The zero-order valence-corrected chi connectivity index (χ0v) is 13.0. The second kappa shape index (κ2) is 6.43. The summed E-state index contributed by atoms with van der Waals surface area (Å²) in [4.78, 5) is 8.88. The molecule has 0 aliphatic carbocycles. The molecule has 2 rings (SSSR count). The van der Waals surface area contributed by atoms with Crippen molar-refractivity contribution in [3.63, 3.8) is 0 Å².